The molecule has 34 heavy (non-hydrogen) atoms. The van der Waals surface area contributed by atoms with Gasteiger partial charge in [0.15, 0.2) is 11.5 Å². The summed E-state index contributed by atoms with van der Waals surface area (Å²) in [5.41, 5.74) is 3.30. The van der Waals surface area contributed by atoms with Crippen molar-refractivity contribution in [3.8, 4) is 28.7 Å². The molecule has 0 spiro atoms. The molecule has 9 heteroatoms. The van der Waals surface area contributed by atoms with Gasteiger partial charge < -0.3 is 29.6 Å². The minimum atomic E-state index is 0.125. The van der Waals surface area contributed by atoms with E-state index in [1.165, 1.54) is 0 Å². The highest BCUT2D eigenvalue weighted by molar-refractivity contribution is 5.84. The van der Waals surface area contributed by atoms with Crippen molar-refractivity contribution in [2.75, 3.05) is 39.0 Å². The Bertz CT molecular complexity index is 1260. The first-order valence-electron chi connectivity index (χ1n) is 10.9. The van der Waals surface area contributed by atoms with Crippen LogP contribution in [0.4, 0.5) is 17.5 Å². The Kier molecular flexibility index (Phi) is 6.62. The van der Waals surface area contributed by atoms with E-state index >= 15 is 0 Å². The number of methoxy groups -OCH3 is 3. The number of nitrogens with zero attached hydrogens (tertiary/aromatic N) is 3. The van der Waals surface area contributed by atoms with E-state index in [0.717, 1.165) is 28.2 Å². The number of benzene rings is 2. The van der Waals surface area contributed by atoms with Crippen molar-refractivity contribution in [1.29, 1.82) is 0 Å². The lowest BCUT2D eigenvalue weighted by molar-refractivity contribution is 0.242. The number of anilines is 3. The lowest BCUT2D eigenvalue weighted by Crippen LogP contribution is -2.05. The minimum absolute atomic E-state index is 0.125. The number of aromatic nitrogens is 3. The highest BCUT2D eigenvalue weighted by atomic mass is 16.5. The normalized spacial score (nSPS) is 10.9. The molecule has 9 nitrogen and oxygen atoms in total. The Morgan fingerprint density at radius 2 is 1.59 bits per heavy atom. The molecule has 0 atom stereocenters. The van der Waals surface area contributed by atoms with Crippen molar-refractivity contribution in [2.45, 2.75) is 20.0 Å². The smallest absolute Gasteiger partial charge is 0.208 e. The Balaban J connectivity index is 1.76. The predicted octanol–water partition coefficient (Wildman–Crippen LogP) is 5.02. The summed E-state index contributed by atoms with van der Waals surface area (Å²) in [6, 6.07) is 13.5. The Labute approximate surface area is 198 Å². The predicted molar refractivity (Wildman–Crippen MR) is 134 cm³/mol. The Morgan fingerprint density at radius 3 is 2.15 bits per heavy atom. The lowest BCUT2D eigenvalue weighted by Gasteiger charge is -2.16. The van der Waals surface area contributed by atoms with Gasteiger partial charge in [-0.25, -0.2) is 9.97 Å². The van der Waals surface area contributed by atoms with Crippen LogP contribution in [0.15, 0.2) is 48.7 Å². The third-order valence-electron chi connectivity index (χ3n) is 5.17. The van der Waals surface area contributed by atoms with E-state index in [-0.39, 0.29) is 6.10 Å². The molecule has 0 bridgehead atoms. The maximum Gasteiger partial charge on any atom is 0.208 e. The molecule has 0 saturated heterocycles. The monoisotopic (exact) mass is 463 g/mol. The molecule has 4 rings (SSSR count). The van der Waals surface area contributed by atoms with Crippen LogP contribution in [-0.4, -0.2) is 49.0 Å². The number of hydrogen-bond donors (Lipinski definition) is 2. The van der Waals surface area contributed by atoms with Crippen molar-refractivity contribution < 1.29 is 18.9 Å². The summed E-state index contributed by atoms with van der Waals surface area (Å²) >= 11 is 0. The van der Waals surface area contributed by atoms with Crippen molar-refractivity contribution in [2.24, 2.45) is 0 Å². The highest BCUT2D eigenvalue weighted by Gasteiger charge is 2.19. The van der Waals surface area contributed by atoms with Crippen molar-refractivity contribution >= 4 is 28.5 Å². The first kappa shape index (κ1) is 23.0. The van der Waals surface area contributed by atoms with Crippen LogP contribution >= 0.6 is 0 Å². The maximum absolute atomic E-state index is 5.72. The summed E-state index contributed by atoms with van der Waals surface area (Å²) in [5, 5.41) is 6.50. The quantitative estimate of drug-likeness (QED) is 0.358. The summed E-state index contributed by atoms with van der Waals surface area (Å²) in [6.45, 7) is 4.00. The summed E-state index contributed by atoms with van der Waals surface area (Å²) in [7, 11) is 6.59. The summed E-state index contributed by atoms with van der Waals surface area (Å²) in [4.78, 5) is 9.22. The topological polar surface area (TPSA) is 91.7 Å². The highest BCUT2D eigenvalue weighted by Crippen LogP contribution is 2.40. The van der Waals surface area contributed by atoms with Crippen LogP contribution < -0.4 is 29.6 Å². The zero-order valence-corrected chi connectivity index (χ0v) is 20.2. The molecule has 2 aromatic carbocycles. The summed E-state index contributed by atoms with van der Waals surface area (Å²) in [5.74, 6) is 3.79. The molecule has 0 unspecified atom stereocenters. The SMILES string of the molecule is CNc1nc2cnc(Nc3ccc(OC(C)C)cc3)cc2n1-c1cc(OC)c(OC)c(OC)c1. The van der Waals surface area contributed by atoms with Crippen molar-refractivity contribution in [3.63, 3.8) is 0 Å². The molecule has 0 saturated carbocycles. The summed E-state index contributed by atoms with van der Waals surface area (Å²) in [6.07, 6.45) is 1.86. The van der Waals surface area contributed by atoms with Gasteiger partial charge in [-0.15, -0.1) is 0 Å². The number of imidazole rings is 1. The van der Waals surface area contributed by atoms with Gasteiger partial charge in [0.1, 0.15) is 17.1 Å². The average Bonchev–Trinajstić information content (AvgIpc) is 3.21. The van der Waals surface area contributed by atoms with Gasteiger partial charge in [0.05, 0.1) is 44.8 Å². The molecule has 2 N–H and O–H groups in total. The van der Waals surface area contributed by atoms with Crippen LogP contribution in [0, 0.1) is 0 Å². The summed E-state index contributed by atoms with van der Waals surface area (Å²) < 4.78 is 24.3. The molecule has 2 heterocycles. The van der Waals surface area contributed by atoms with E-state index in [0.29, 0.717) is 29.0 Å². The van der Waals surface area contributed by atoms with E-state index in [1.54, 1.807) is 27.5 Å². The van der Waals surface area contributed by atoms with Gasteiger partial charge in [-0.2, -0.15) is 0 Å². The third-order valence-corrected chi connectivity index (χ3v) is 5.17. The Hall–Kier alpha value is -4.14. The molecular formula is C25H29N5O4. The van der Waals surface area contributed by atoms with Crippen LogP contribution in [0.3, 0.4) is 0 Å². The van der Waals surface area contributed by atoms with Crippen LogP contribution in [-0.2, 0) is 0 Å². The van der Waals surface area contributed by atoms with Gasteiger partial charge in [0.25, 0.3) is 0 Å². The van der Waals surface area contributed by atoms with Crippen LogP contribution in [0.25, 0.3) is 16.7 Å². The van der Waals surface area contributed by atoms with E-state index in [9.17, 15) is 0 Å². The molecule has 0 aliphatic rings. The second-order valence-electron chi connectivity index (χ2n) is 7.78. The molecule has 0 aliphatic heterocycles. The van der Waals surface area contributed by atoms with Gasteiger partial charge in [-0.3, -0.25) is 4.57 Å². The van der Waals surface area contributed by atoms with Gasteiger partial charge in [0, 0.05) is 30.9 Å². The molecule has 4 aromatic rings. The van der Waals surface area contributed by atoms with Gasteiger partial charge in [-0.05, 0) is 38.1 Å². The van der Waals surface area contributed by atoms with E-state index in [4.69, 9.17) is 18.9 Å². The molecule has 178 valence electrons. The van der Waals surface area contributed by atoms with Crippen LogP contribution in [0.1, 0.15) is 13.8 Å². The van der Waals surface area contributed by atoms with E-state index in [2.05, 4.69) is 20.6 Å². The molecule has 0 radical (unpaired) electrons. The molecular weight excluding hydrogens is 434 g/mol. The number of fused-ring (bicyclic) bond motifs is 1. The fourth-order valence-corrected chi connectivity index (χ4v) is 3.71. The van der Waals surface area contributed by atoms with Gasteiger partial charge in [-0.1, -0.05) is 0 Å². The number of rotatable bonds is 9. The average molecular weight is 464 g/mol. The van der Waals surface area contributed by atoms with Gasteiger partial charge in [0.2, 0.25) is 11.7 Å². The second kappa shape index (κ2) is 9.78. The zero-order valence-electron chi connectivity index (χ0n) is 20.2. The largest absolute Gasteiger partial charge is 0.493 e. The van der Waals surface area contributed by atoms with E-state index in [1.807, 2.05) is 67.9 Å². The molecule has 0 amide bonds. The van der Waals surface area contributed by atoms with Crippen molar-refractivity contribution in [3.05, 3.63) is 48.7 Å². The standard InChI is InChI=1S/C25H29N5O4/c1-15(2)34-18-9-7-16(8-10-18)28-23-13-20-19(14-27-23)29-25(26-3)30(20)17-11-21(31-4)24(33-6)22(12-17)32-5/h7-15H,1-6H3,(H,26,29)(H,27,28). The molecule has 0 fully saturated rings. The fraction of sp³-hybridized carbons (Fsp3) is 0.280. The Morgan fingerprint density at radius 1 is 0.912 bits per heavy atom. The van der Waals surface area contributed by atoms with Crippen LogP contribution in [0.5, 0.6) is 23.0 Å². The molecule has 2 aromatic heterocycles. The van der Waals surface area contributed by atoms with Gasteiger partial charge >= 0.3 is 0 Å². The first-order valence-corrected chi connectivity index (χ1v) is 10.9. The second-order valence-corrected chi connectivity index (χ2v) is 7.78. The fourth-order valence-electron chi connectivity index (χ4n) is 3.71. The van der Waals surface area contributed by atoms with Crippen molar-refractivity contribution in [1.82, 2.24) is 14.5 Å². The number of nitrogens with one attached hydrogen (secondary N) is 2. The maximum atomic E-state index is 5.72. The number of ether oxygens (including phenoxy) is 4. The first-order chi connectivity index (χ1) is 16.5. The minimum Gasteiger partial charge on any atom is -0.493 e. The van der Waals surface area contributed by atoms with E-state index < -0.39 is 0 Å². The number of pyridine rings is 1. The third kappa shape index (κ3) is 4.50. The lowest BCUT2D eigenvalue weighted by atomic mass is 10.2. The zero-order chi connectivity index (χ0) is 24.2. The molecule has 0 aliphatic carbocycles. The number of hydrogen-bond acceptors (Lipinski definition) is 8. The van der Waals surface area contributed by atoms with Crippen LogP contribution in [0.2, 0.25) is 0 Å².